The van der Waals surface area contributed by atoms with Crippen LogP contribution in [0.3, 0.4) is 0 Å². The first kappa shape index (κ1) is 12.5. The fourth-order valence-corrected chi connectivity index (χ4v) is 1.20. The minimum absolute atomic E-state index is 0.0529. The number of amides is 1. The molecule has 88 valence electrons. The number of phenols is 1. The minimum Gasteiger partial charge on any atom is -0.507 e. The maximum atomic E-state index is 11.6. The normalized spacial score (nSPS) is 12.2. The zero-order valence-corrected chi connectivity index (χ0v) is 8.97. The van der Waals surface area contributed by atoms with Crippen molar-refractivity contribution in [2.75, 3.05) is 13.2 Å². The molecule has 1 unspecified atom stereocenters. The van der Waals surface area contributed by atoms with Gasteiger partial charge in [-0.15, -0.1) is 0 Å². The number of nitrogens with one attached hydrogen (secondary N) is 1. The summed E-state index contributed by atoms with van der Waals surface area (Å²) in [6.45, 7) is 1.33. The van der Waals surface area contributed by atoms with Gasteiger partial charge in [-0.1, -0.05) is 11.6 Å². The van der Waals surface area contributed by atoms with Crippen LogP contribution in [-0.4, -0.2) is 40.5 Å². The molecule has 5 nitrogen and oxygen atoms in total. The summed E-state index contributed by atoms with van der Waals surface area (Å²) in [5.41, 5.74) is 1.01. The number of aromatic hydroxyl groups is 1. The highest BCUT2D eigenvalue weighted by atomic mass is 16.3. The van der Waals surface area contributed by atoms with Crippen LogP contribution >= 0.6 is 0 Å². The van der Waals surface area contributed by atoms with Crippen molar-refractivity contribution in [3.8, 4) is 5.75 Å². The molecule has 0 heterocycles. The molecule has 0 saturated carbocycles. The van der Waals surface area contributed by atoms with Gasteiger partial charge in [0.2, 0.25) is 0 Å². The molecule has 0 bridgehead atoms. The summed E-state index contributed by atoms with van der Waals surface area (Å²) in [6.07, 6.45) is -0.990. The molecule has 16 heavy (non-hydrogen) atoms. The lowest BCUT2D eigenvalue weighted by molar-refractivity contribution is 0.0800. The first-order chi connectivity index (χ1) is 7.54. The number of hydrogen-bond donors (Lipinski definition) is 4. The fourth-order valence-electron chi connectivity index (χ4n) is 1.20. The largest absolute Gasteiger partial charge is 0.507 e. The van der Waals surface area contributed by atoms with Gasteiger partial charge in [-0.25, -0.2) is 0 Å². The third-order valence-electron chi connectivity index (χ3n) is 2.11. The van der Waals surface area contributed by atoms with E-state index in [4.69, 9.17) is 10.2 Å². The standard InChI is InChI=1S/C11H15NO4/c1-7-2-3-10(15)9(4-7)11(16)12-5-8(14)6-13/h2-4,8,13-15H,5-6H2,1H3,(H,12,16). The Kier molecular flexibility index (Phi) is 4.28. The number of hydrogen-bond acceptors (Lipinski definition) is 4. The highest BCUT2D eigenvalue weighted by molar-refractivity contribution is 5.96. The van der Waals surface area contributed by atoms with E-state index in [1.807, 2.05) is 0 Å². The Morgan fingerprint density at radius 2 is 2.19 bits per heavy atom. The number of phenolic OH excluding ortho intramolecular Hbond substituents is 1. The van der Waals surface area contributed by atoms with Gasteiger partial charge in [-0.3, -0.25) is 4.79 Å². The molecule has 1 amide bonds. The van der Waals surface area contributed by atoms with Gasteiger partial charge in [0.15, 0.2) is 0 Å². The average Bonchev–Trinajstić information content (AvgIpc) is 2.28. The summed E-state index contributed by atoms with van der Waals surface area (Å²) < 4.78 is 0. The molecule has 0 radical (unpaired) electrons. The van der Waals surface area contributed by atoms with E-state index in [-0.39, 0.29) is 17.9 Å². The number of aliphatic hydroxyl groups is 2. The number of aryl methyl sites for hydroxylation is 1. The van der Waals surface area contributed by atoms with Crippen molar-refractivity contribution in [1.29, 1.82) is 0 Å². The van der Waals surface area contributed by atoms with Crippen LogP contribution in [0.15, 0.2) is 18.2 Å². The van der Waals surface area contributed by atoms with Gasteiger partial charge in [-0.05, 0) is 19.1 Å². The first-order valence-electron chi connectivity index (χ1n) is 4.91. The van der Waals surface area contributed by atoms with Gasteiger partial charge in [0, 0.05) is 6.54 Å². The molecule has 5 heteroatoms. The van der Waals surface area contributed by atoms with Gasteiger partial charge in [-0.2, -0.15) is 0 Å². The summed E-state index contributed by atoms with van der Waals surface area (Å²) in [4.78, 5) is 11.6. The van der Waals surface area contributed by atoms with E-state index in [0.717, 1.165) is 5.56 Å². The maximum Gasteiger partial charge on any atom is 0.255 e. The number of carbonyl (C=O) groups is 1. The molecule has 1 rings (SSSR count). The van der Waals surface area contributed by atoms with E-state index in [9.17, 15) is 9.90 Å². The van der Waals surface area contributed by atoms with Crippen LogP contribution in [0.1, 0.15) is 15.9 Å². The number of carbonyl (C=O) groups excluding carboxylic acids is 1. The van der Waals surface area contributed by atoms with Crippen molar-refractivity contribution in [3.05, 3.63) is 29.3 Å². The Bertz CT molecular complexity index is 378. The highest BCUT2D eigenvalue weighted by Gasteiger charge is 2.12. The second kappa shape index (κ2) is 5.48. The SMILES string of the molecule is Cc1ccc(O)c(C(=O)NCC(O)CO)c1. The van der Waals surface area contributed by atoms with Crippen molar-refractivity contribution >= 4 is 5.91 Å². The minimum atomic E-state index is -0.990. The highest BCUT2D eigenvalue weighted by Crippen LogP contribution is 2.17. The molecular weight excluding hydrogens is 210 g/mol. The quantitative estimate of drug-likeness (QED) is 0.570. The van der Waals surface area contributed by atoms with E-state index in [2.05, 4.69) is 5.32 Å². The third kappa shape index (κ3) is 3.22. The topological polar surface area (TPSA) is 89.8 Å². The van der Waals surface area contributed by atoms with Crippen molar-refractivity contribution in [2.24, 2.45) is 0 Å². The average molecular weight is 225 g/mol. The first-order valence-corrected chi connectivity index (χ1v) is 4.91. The third-order valence-corrected chi connectivity index (χ3v) is 2.11. The molecule has 0 spiro atoms. The smallest absolute Gasteiger partial charge is 0.255 e. The molecule has 0 aliphatic carbocycles. The summed E-state index contributed by atoms with van der Waals surface area (Å²) in [5, 5.41) is 29.5. The van der Waals surface area contributed by atoms with Crippen LogP contribution in [0, 0.1) is 6.92 Å². The maximum absolute atomic E-state index is 11.6. The van der Waals surface area contributed by atoms with Crippen LogP contribution in [-0.2, 0) is 0 Å². The predicted octanol–water partition coefficient (Wildman–Crippen LogP) is -0.216. The molecule has 0 aromatic heterocycles. The van der Waals surface area contributed by atoms with Crippen LogP contribution in [0.4, 0.5) is 0 Å². The van der Waals surface area contributed by atoms with E-state index in [0.29, 0.717) is 0 Å². The van der Waals surface area contributed by atoms with Crippen molar-refractivity contribution in [2.45, 2.75) is 13.0 Å². The summed E-state index contributed by atoms with van der Waals surface area (Å²) >= 11 is 0. The number of rotatable bonds is 4. The molecule has 0 saturated heterocycles. The van der Waals surface area contributed by atoms with Gasteiger partial charge in [0.1, 0.15) is 5.75 Å². The Hall–Kier alpha value is -1.59. The summed E-state index contributed by atoms with van der Waals surface area (Å²) in [5.74, 6) is -0.588. The molecule has 1 atom stereocenters. The van der Waals surface area contributed by atoms with E-state index >= 15 is 0 Å². The zero-order valence-electron chi connectivity index (χ0n) is 8.97. The lowest BCUT2D eigenvalue weighted by Crippen LogP contribution is -2.33. The molecule has 1 aromatic carbocycles. The second-order valence-electron chi connectivity index (χ2n) is 3.57. The molecule has 0 fully saturated rings. The van der Waals surface area contributed by atoms with Gasteiger partial charge in [0.25, 0.3) is 5.91 Å². The molecule has 1 aromatic rings. The van der Waals surface area contributed by atoms with Crippen LogP contribution in [0.2, 0.25) is 0 Å². The summed E-state index contributed by atoms with van der Waals surface area (Å²) in [7, 11) is 0. The number of aliphatic hydroxyl groups excluding tert-OH is 2. The van der Waals surface area contributed by atoms with Gasteiger partial charge in [0.05, 0.1) is 18.3 Å². The van der Waals surface area contributed by atoms with Crippen molar-refractivity contribution in [1.82, 2.24) is 5.32 Å². The van der Waals surface area contributed by atoms with Crippen LogP contribution < -0.4 is 5.32 Å². The fraction of sp³-hybridized carbons (Fsp3) is 0.364. The molecular formula is C11H15NO4. The lowest BCUT2D eigenvalue weighted by Gasteiger charge is -2.10. The molecule has 0 aliphatic heterocycles. The second-order valence-corrected chi connectivity index (χ2v) is 3.57. The monoisotopic (exact) mass is 225 g/mol. The lowest BCUT2D eigenvalue weighted by atomic mass is 10.1. The van der Waals surface area contributed by atoms with Crippen LogP contribution in [0.25, 0.3) is 0 Å². The van der Waals surface area contributed by atoms with Crippen molar-refractivity contribution < 1.29 is 20.1 Å². The Balaban J connectivity index is 2.69. The zero-order chi connectivity index (χ0) is 12.1. The number of benzene rings is 1. The van der Waals surface area contributed by atoms with Gasteiger partial charge < -0.3 is 20.6 Å². The van der Waals surface area contributed by atoms with Crippen LogP contribution in [0.5, 0.6) is 5.75 Å². The Morgan fingerprint density at radius 3 is 2.81 bits per heavy atom. The summed E-state index contributed by atoms with van der Waals surface area (Å²) in [6, 6.07) is 4.68. The Labute approximate surface area is 93.4 Å². The molecule has 0 aliphatic rings. The van der Waals surface area contributed by atoms with Gasteiger partial charge >= 0.3 is 0 Å². The van der Waals surface area contributed by atoms with E-state index in [1.165, 1.54) is 6.07 Å². The van der Waals surface area contributed by atoms with E-state index < -0.39 is 18.6 Å². The molecule has 4 N–H and O–H groups in total. The predicted molar refractivity (Wildman–Crippen MR) is 58.3 cm³/mol. The Morgan fingerprint density at radius 1 is 1.50 bits per heavy atom. The van der Waals surface area contributed by atoms with Crippen molar-refractivity contribution in [3.63, 3.8) is 0 Å². The van der Waals surface area contributed by atoms with E-state index in [1.54, 1.807) is 19.1 Å².